The Balaban J connectivity index is 2.07. The lowest BCUT2D eigenvalue weighted by Crippen LogP contribution is -2.26. The minimum atomic E-state index is 0.522. The van der Waals surface area contributed by atoms with Gasteiger partial charge in [-0.2, -0.15) is 0 Å². The number of thiophene rings is 1. The van der Waals surface area contributed by atoms with Gasteiger partial charge < -0.3 is 5.32 Å². The zero-order valence-corrected chi connectivity index (χ0v) is 12.3. The fourth-order valence-corrected chi connectivity index (χ4v) is 4.23. The number of hydrogen-bond acceptors (Lipinski definition) is 2. The molecule has 1 aromatic heterocycles. The molecular formula is C14H22ClNS. The largest absolute Gasteiger partial charge is 0.309 e. The molecule has 1 N–H and O–H groups in total. The third-order valence-corrected chi connectivity index (χ3v) is 5.27. The molecular weight excluding hydrogens is 250 g/mol. The summed E-state index contributed by atoms with van der Waals surface area (Å²) in [6.07, 6.45) is 5.48. The summed E-state index contributed by atoms with van der Waals surface area (Å²) in [4.78, 5) is 1.42. The Morgan fingerprint density at radius 3 is 2.76 bits per heavy atom. The highest BCUT2D eigenvalue weighted by molar-refractivity contribution is 7.16. The van der Waals surface area contributed by atoms with Crippen LogP contribution in [0, 0.1) is 11.8 Å². The first kappa shape index (κ1) is 13.4. The van der Waals surface area contributed by atoms with Crippen LogP contribution >= 0.6 is 22.9 Å². The van der Waals surface area contributed by atoms with Crippen LogP contribution in [-0.2, 0) is 0 Å². The molecule has 3 unspecified atom stereocenters. The van der Waals surface area contributed by atoms with Gasteiger partial charge in [0.2, 0.25) is 0 Å². The van der Waals surface area contributed by atoms with E-state index in [-0.39, 0.29) is 0 Å². The summed E-state index contributed by atoms with van der Waals surface area (Å²) in [6.45, 7) is 5.54. The molecule has 0 aromatic carbocycles. The minimum absolute atomic E-state index is 0.522. The molecule has 1 aliphatic rings. The van der Waals surface area contributed by atoms with Crippen molar-refractivity contribution >= 4 is 22.9 Å². The lowest BCUT2D eigenvalue weighted by atomic mass is 9.94. The minimum Gasteiger partial charge on any atom is -0.309 e. The van der Waals surface area contributed by atoms with E-state index in [1.54, 1.807) is 11.3 Å². The molecule has 2 rings (SSSR count). The zero-order valence-electron chi connectivity index (χ0n) is 10.7. The maximum absolute atomic E-state index is 6.06. The lowest BCUT2D eigenvalue weighted by molar-refractivity contribution is 0.364. The van der Waals surface area contributed by atoms with Gasteiger partial charge in [-0.25, -0.2) is 0 Å². The van der Waals surface area contributed by atoms with Crippen molar-refractivity contribution in [1.29, 1.82) is 0 Å². The second-order valence-corrected chi connectivity index (χ2v) is 6.77. The predicted molar refractivity (Wildman–Crippen MR) is 76.9 cm³/mol. The summed E-state index contributed by atoms with van der Waals surface area (Å²) in [7, 11) is 0. The van der Waals surface area contributed by atoms with E-state index in [9.17, 15) is 0 Å². The average Bonchev–Trinajstić information content (AvgIpc) is 2.94. The Kier molecular flexibility index (Phi) is 4.89. The average molecular weight is 272 g/mol. The van der Waals surface area contributed by atoms with Crippen LogP contribution < -0.4 is 5.32 Å². The molecule has 0 radical (unpaired) electrons. The molecule has 0 saturated heterocycles. The SMILES string of the molecule is CCNC(c1ccc(Cl)s1)C1CCC(CC)C1. The van der Waals surface area contributed by atoms with Crippen molar-refractivity contribution in [2.45, 2.75) is 45.6 Å². The molecule has 0 aliphatic heterocycles. The first-order chi connectivity index (χ1) is 8.24. The normalized spacial score (nSPS) is 26.3. The van der Waals surface area contributed by atoms with Gasteiger partial charge in [-0.1, -0.05) is 38.3 Å². The molecule has 3 atom stereocenters. The van der Waals surface area contributed by atoms with E-state index < -0.39 is 0 Å². The predicted octanol–water partition coefficient (Wildman–Crippen LogP) is 4.88. The second kappa shape index (κ2) is 6.21. The number of hydrogen-bond donors (Lipinski definition) is 1. The smallest absolute Gasteiger partial charge is 0.0931 e. The second-order valence-electron chi connectivity index (χ2n) is 5.02. The molecule has 0 amide bonds. The number of rotatable bonds is 5. The van der Waals surface area contributed by atoms with Crippen LogP contribution in [0.15, 0.2) is 12.1 Å². The van der Waals surface area contributed by atoms with Gasteiger partial charge >= 0.3 is 0 Å². The maximum Gasteiger partial charge on any atom is 0.0931 e. The molecule has 0 spiro atoms. The highest BCUT2D eigenvalue weighted by Gasteiger charge is 2.31. The van der Waals surface area contributed by atoms with Crippen LogP contribution in [0.25, 0.3) is 0 Å². The topological polar surface area (TPSA) is 12.0 Å². The van der Waals surface area contributed by atoms with Crippen LogP contribution in [0.2, 0.25) is 4.34 Å². The first-order valence-electron chi connectivity index (χ1n) is 6.73. The number of halogens is 1. The third-order valence-electron chi connectivity index (χ3n) is 3.96. The van der Waals surface area contributed by atoms with Gasteiger partial charge in [0, 0.05) is 10.9 Å². The van der Waals surface area contributed by atoms with E-state index >= 15 is 0 Å². The van der Waals surface area contributed by atoms with E-state index in [1.165, 1.54) is 30.6 Å². The Labute approximate surface area is 114 Å². The van der Waals surface area contributed by atoms with Gasteiger partial charge in [-0.05, 0) is 43.4 Å². The monoisotopic (exact) mass is 271 g/mol. The van der Waals surface area contributed by atoms with Crippen molar-refractivity contribution in [3.63, 3.8) is 0 Å². The summed E-state index contributed by atoms with van der Waals surface area (Å²) in [5, 5.41) is 3.65. The Morgan fingerprint density at radius 2 is 2.24 bits per heavy atom. The summed E-state index contributed by atoms with van der Waals surface area (Å²) >= 11 is 7.79. The molecule has 96 valence electrons. The maximum atomic E-state index is 6.06. The summed E-state index contributed by atoms with van der Waals surface area (Å²) < 4.78 is 0.910. The molecule has 1 saturated carbocycles. The molecule has 0 bridgehead atoms. The van der Waals surface area contributed by atoms with Gasteiger partial charge in [-0.3, -0.25) is 0 Å². The molecule has 1 nitrogen and oxygen atoms in total. The van der Waals surface area contributed by atoms with Gasteiger partial charge in [-0.15, -0.1) is 11.3 Å². The standard InChI is InChI=1S/C14H22ClNS/c1-3-10-5-6-11(9-10)14(16-4-2)12-7-8-13(15)17-12/h7-8,10-11,14,16H,3-6,9H2,1-2H3. The Morgan fingerprint density at radius 1 is 1.41 bits per heavy atom. The molecule has 3 heteroatoms. The van der Waals surface area contributed by atoms with Crippen molar-refractivity contribution in [2.24, 2.45) is 11.8 Å². The lowest BCUT2D eigenvalue weighted by Gasteiger charge is -2.23. The highest BCUT2D eigenvalue weighted by Crippen LogP contribution is 2.42. The van der Waals surface area contributed by atoms with Gasteiger partial charge in [0.15, 0.2) is 0 Å². The van der Waals surface area contributed by atoms with E-state index in [0.29, 0.717) is 6.04 Å². The van der Waals surface area contributed by atoms with Crippen LogP contribution in [0.4, 0.5) is 0 Å². The van der Waals surface area contributed by atoms with E-state index in [0.717, 1.165) is 22.7 Å². The van der Waals surface area contributed by atoms with Gasteiger partial charge in [0.25, 0.3) is 0 Å². The Hall–Kier alpha value is -0.0500. The quantitative estimate of drug-likeness (QED) is 0.805. The van der Waals surface area contributed by atoms with Crippen molar-refractivity contribution in [2.75, 3.05) is 6.54 Å². The van der Waals surface area contributed by atoms with Crippen molar-refractivity contribution < 1.29 is 0 Å². The van der Waals surface area contributed by atoms with Crippen molar-refractivity contribution in [3.05, 3.63) is 21.3 Å². The number of nitrogens with one attached hydrogen (secondary N) is 1. The van der Waals surface area contributed by atoms with Crippen LogP contribution in [-0.4, -0.2) is 6.54 Å². The fourth-order valence-electron chi connectivity index (χ4n) is 3.00. The molecule has 1 aromatic rings. The van der Waals surface area contributed by atoms with Gasteiger partial charge in [0.05, 0.1) is 4.34 Å². The molecule has 1 fully saturated rings. The zero-order chi connectivity index (χ0) is 12.3. The van der Waals surface area contributed by atoms with E-state index in [2.05, 4.69) is 25.2 Å². The molecule has 1 heterocycles. The van der Waals surface area contributed by atoms with Crippen LogP contribution in [0.5, 0.6) is 0 Å². The van der Waals surface area contributed by atoms with Crippen molar-refractivity contribution in [3.8, 4) is 0 Å². The van der Waals surface area contributed by atoms with E-state index in [1.807, 2.05) is 6.07 Å². The van der Waals surface area contributed by atoms with Gasteiger partial charge in [0.1, 0.15) is 0 Å². The molecule has 1 aliphatic carbocycles. The Bertz CT molecular complexity index is 350. The van der Waals surface area contributed by atoms with Crippen LogP contribution in [0.3, 0.4) is 0 Å². The van der Waals surface area contributed by atoms with Crippen LogP contribution in [0.1, 0.15) is 50.4 Å². The highest BCUT2D eigenvalue weighted by atomic mass is 35.5. The van der Waals surface area contributed by atoms with Crippen molar-refractivity contribution in [1.82, 2.24) is 5.32 Å². The fraction of sp³-hybridized carbons (Fsp3) is 0.714. The molecule has 17 heavy (non-hydrogen) atoms. The first-order valence-corrected chi connectivity index (χ1v) is 7.92. The summed E-state index contributed by atoms with van der Waals surface area (Å²) in [5.74, 6) is 1.74. The summed E-state index contributed by atoms with van der Waals surface area (Å²) in [5.41, 5.74) is 0. The summed E-state index contributed by atoms with van der Waals surface area (Å²) in [6, 6.07) is 4.74. The van der Waals surface area contributed by atoms with E-state index in [4.69, 9.17) is 11.6 Å². The third kappa shape index (κ3) is 3.24.